The number of thiophene rings is 1. The van der Waals surface area contributed by atoms with Crippen molar-refractivity contribution in [2.24, 2.45) is 0 Å². The van der Waals surface area contributed by atoms with Crippen molar-refractivity contribution >= 4 is 28.8 Å². The third-order valence-corrected chi connectivity index (χ3v) is 4.77. The number of piperazine rings is 1. The molecule has 3 rings (SSSR count). The van der Waals surface area contributed by atoms with Crippen molar-refractivity contribution in [3.05, 3.63) is 39.6 Å². The number of carbonyl (C=O) groups excluding carboxylic acids is 1. The predicted molar refractivity (Wildman–Crippen MR) is 79.2 cm³/mol. The minimum atomic E-state index is 0.0477. The van der Waals surface area contributed by atoms with Gasteiger partial charge in [0.1, 0.15) is 5.82 Å². The molecule has 1 unspecified atom stereocenters. The zero-order chi connectivity index (χ0) is 14.1. The van der Waals surface area contributed by atoms with E-state index in [2.05, 4.69) is 21.9 Å². The maximum atomic E-state index is 12.5. The number of nitrogens with one attached hydrogen (secondary N) is 1. The van der Waals surface area contributed by atoms with Crippen molar-refractivity contribution < 1.29 is 4.79 Å². The molecule has 2 aromatic rings. The van der Waals surface area contributed by atoms with Gasteiger partial charge in [-0.15, -0.1) is 11.3 Å². The molecular formula is C13H15ClN4OS. The minimum Gasteiger partial charge on any atom is -0.347 e. The van der Waals surface area contributed by atoms with Crippen LogP contribution in [0.4, 0.5) is 0 Å². The zero-order valence-electron chi connectivity index (χ0n) is 11.0. The van der Waals surface area contributed by atoms with Crippen LogP contribution in [0.3, 0.4) is 0 Å². The molecule has 1 saturated heterocycles. The first-order valence-electron chi connectivity index (χ1n) is 6.39. The van der Waals surface area contributed by atoms with Crippen molar-refractivity contribution in [2.45, 2.75) is 6.04 Å². The molecule has 0 aromatic carbocycles. The van der Waals surface area contributed by atoms with Crippen LogP contribution in [0, 0.1) is 0 Å². The fourth-order valence-electron chi connectivity index (χ4n) is 2.40. The first-order valence-corrected chi connectivity index (χ1v) is 7.58. The first-order chi connectivity index (χ1) is 9.65. The van der Waals surface area contributed by atoms with E-state index in [1.54, 1.807) is 18.3 Å². The monoisotopic (exact) mass is 310 g/mol. The van der Waals surface area contributed by atoms with Crippen molar-refractivity contribution in [1.82, 2.24) is 19.8 Å². The summed E-state index contributed by atoms with van der Waals surface area (Å²) < 4.78 is 0.644. The number of carbonyl (C=O) groups is 1. The van der Waals surface area contributed by atoms with E-state index in [1.807, 2.05) is 11.1 Å². The minimum absolute atomic E-state index is 0.0477. The Kier molecular flexibility index (Phi) is 3.78. The molecule has 7 heteroatoms. The number of nitrogens with zero attached hydrogens (tertiary/aromatic N) is 3. The van der Waals surface area contributed by atoms with Gasteiger partial charge in [-0.05, 0) is 19.2 Å². The second-order valence-corrected chi connectivity index (χ2v) is 6.54. The molecule has 20 heavy (non-hydrogen) atoms. The van der Waals surface area contributed by atoms with Crippen LogP contribution >= 0.6 is 22.9 Å². The Balaban J connectivity index is 1.77. The van der Waals surface area contributed by atoms with Crippen LogP contribution in [-0.2, 0) is 0 Å². The molecular weight excluding hydrogens is 296 g/mol. The van der Waals surface area contributed by atoms with Gasteiger partial charge in [-0.3, -0.25) is 9.69 Å². The summed E-state index contributed by atoms with van der Waals surface area (Å²) in [6.45, 7) is 2.19. The summed E-state index contributed by atoms with van der Waals surface area (Å²) in [5.41, 5.74) is 0. The van der Waals surface area contributed by atoms with Crippen LogP contribution in [0.2, 0.25) is 4.34 Å². The highest BCUT2D eigenvalue weighted by atomic mass is 35.5. The van der Waals surface area contributed by atoms with Crippen LogP contribution in [-0.4, -0.2) is 52.4 Å². The van der Waals surface area contributed by atoms with Gasteiger partial charge < -0.3 is 9.88 Å². The number of aromatic amines is 1. The summed E-state index contributed by atoms with van der Waals surface area (Å²) in [5.74, 6) is 0.945. The predicted octanol–water partition coefficient (Wildman–Crippen LogP) is 2.25. The summed E-state index contributed by atoms with van der Waals surface area (Å²) in [7, 11) is 2.05. The maximum Gasteiger partial charge on any atom is 0.264 e. The number of hydrogen-bond acceptors (Lipinski definition) is 4. The molecule has 1 fully saturated rings. The quantitative estimate of drug-likeness (QED) is 0.925. The summed E-state index contributed by atoms with van der Waals surface area (Å²) in [5, 5.41) is 0. The number of hydrogen-bond donors (Lipinski definition) is 1. The van der Waals surface area contributed by atoms with E-state index < -0.39 is 0 Å². The van der Waals surface area contributed by atoms with Gasteiger partial charge in [-0.1, -0.05) is 11.6 Å². The molecule has 0 saturated carbocycles. The van der Waals surface area contributed by atoms with Gasteiger partial charge in [-0.25, -0.2) is 4.98 Å². The van der Waals surface area contributed by atoms with E-state index in [-0.39, 0.29) is 11.9 Å². The van der Waals surface area contributed by atoms with Crippen LogP contribution < -0.4 is 0 Å². The van der Waals surface area contributed by atoms with Crippen LogP contribution in [0.1, 0.15) is 21.5 Å². The van der Waals surface area contributed by atoms with Gasteiger partial charge in [0.25, 0.3) is 5.91 Å². The summed E-state index contributed by atoms with van der Waals surface area (Å²) >= 11 is 7.23. The van der Waals surface area contributed by atoms with Crippen LogP contribution in [0.5, 0.6) is 0 Å². The molecule has 2 aromatic heterocycles. The Morgan fingerprint density at radius 3 is 3.00 bits per heavy atom. The fraction of sp³-hybridized carbons (Fsp3) is 0.385. The number of aromatic nitrogens is 2. The summed E-state index contributed by atoms with van der Waals surface area (Å²) in [6.07, 6.45) is 3.55. The number of likely N-dealkylation sites (N-methyl/N-ethyl adjacent to an activating group) is 1. The van der Waals surface area contributed by atoms with Crippen molar-refractivity contribution in [3.63, 3.8) is 0 Å². The van der Waals surface area contributed by atoms with Crippen molar-refractivity contribution in [3.8, 4) is 0 Å². The van der Waals surface area contributed by atoms with Gasteiger partial charge in [-0.2, -0.15) is 0 Å². The third-order valence-electron chi connectivity index (χ3n) is 3.55. The van der Waals surface area contributed by atoms with E-state index in [9.17, 15) is 4.79 Å². The lowest BCUT2D eigenvalue weighted by Gasteiger charge is -2.38. The highest BCUT2D eigenvalue weighted by Gasteiger charge is 2.30. The normalized spacial score (nSPS) is 20.3. The summed E-state index contributed by atoms with van der Waals surface area (Å²) in [6, 6.07) is 3.66. The molecule has 3 heterocycles. The highest BCUT2D eigenvalue weighted by molar-refractivity contribution is 7.17. The molecule has 0 spiro atoms. The Bertz CT molecular complexity index is 597. The van der Waals surface area contributed by atoms with Crippen molar-refractivity contribution in [2.75, 3.05) is 26.7 Å². The zero-order valence-corrected chi connectivity index (χ0v) is 12.6. The second kappa shape index (κ2) is 5.55. The number of halogens is 1. The van der Waals surface area contributed by atoms with E-state index >= 15 is 0 Å². The average molecular weight is 311 g/mol. The molecule has 1 amide bonds. The SMILES string of the molecule is CN1CCN(C(=O)c2ccc(Cl)s2)CC1c1ncc[nH]1. The molecule has 1 aliphatic rings. The lowest BCUT2D eigenvalue weighted by atomic mass is 10.1. The smallest absolute Gasteiger partial charge is 0.264 e. The molecule has 0 radical (unpaired) electrons. The Hall–Kier alpha value is -1.37. The average Bonchev–Trinajstić information content (AvgIpc) is 3.09. The second-order valence-electron chi connectivity index (χ2n) is 4.83. The van der Waals surface area contributed by atoms with E-state index in [1.165, 1.54) is 11.3 Å². The Morgan fingerprint density at radius 2 is 2.35 bits per heavy atom. The van der Waals surface area contributed by atoms with Gasteiger partial charge in [0.15, 0.2) is 0 Å². The van der Waals surface area contributed by atoms with Gasteiger partial charge in [0, 0.05) is 32.0 Å². The molecule has 106 valence electrons. The molecule has 1 aliphatic heterocycles. The van der Waals surface area contributed by atoms with Crippen LogP contribution in [0.25, 0.3) is 0 Å². The maximum absolute atomic E-state index is 12.5. The fourth-order valence-corrected chi connectivity index (χ4v) is 3.41. The number of H-pyrrole nitrogens is 1. The first kappa shape index (κ1) is 13.6. The molecule has 1 atom stereocenters. The number of imidazole rings is 1. The topological polar surface area (TPSA) is 52.2 Å². The molecule has 0 aliphatic carbocycles. The standard InChI is InChI=1S/C13H15ClN4OS/c1-17-6-7-18(8-9(17)12-15-4-5-16-12)13(19)10-2-3-11(14)20-10/h2-5,9H,6-8H2,1H3,(H,15,16). The third kappa shape index (κ3) is 2.59. The summed E-state index contributed by atoms with van der Waals surface area (Å²) in [4.78, 5) is 24.7. The van der Waals surface area contributed by atoms with Gasteiger partial charge in [0.2, 0.25) is 0 Å². The largest absolute Gasteiger partial charge is 0.347 e. The van der Waals surface area contributed by atoms with E-state index in [0.717, 1.165) is 18.9 Å². The van der Waals surface area contributed by atoms with E-state index in [0.29, 0.717) is 15.8 Å². The number of amides is 1. The Morgan fingerprint density at radius 1 is 1.50 bits per heavy atom. The Labute approximate surface area is 126 Å². The molecule has 1 N–H and O–H groups in total. The highest BCUT2D eigenvalue weighted by Crippen LogP contribution is 2.26. The van der Waals surface area contributed by atoms with E-state index in [4.69, 9.17) is 11.6 Å². The van der Waals surface area contributed by atoms with Crippen molar-refractivity contribution in [1.29, 1.82) is 0 Å². The molecule has 5 nitrogen and oxygen atoms in total. The van der Waals surface area contributed by atoms with Gasteiger partial charge >= 0.3 is 0 Å². The lowest BCUT2D eigenvalue weighted by Crippen LogP contribution is -2.49. The lowest BCUT2D eigenvalue weighted by molar-refractivity contribution is 0.0539. The number of rotatable bonds is 2. The van der Waals surface area contributed by atoms with Gasteiger partial charge in [0.05, 0.1) is 15.3 Å². The molecule has 0 bridgehead atoms. The van der Waals surface area contributed by atoms with Crippen LogP contribution in [0.15, 0.2) is 24.5 Å².